The van der Waals surface area contributed by atoms with Gasteiger partial charge >= 0.3 is 5.97 Å². The van der Waals surface area contributed by atoms with Crippen molar-refractivity contribution >= 4 is 5.97 Å². The topological polar surface area (TPSA) is 90.1 Å². The number of nitrogens with zero attached hydrogens (tertiary/aromatic N) is 4. The number of hydrogen-bond acceptors (Lipinski definition) is 5. The van der Waals surface area contributed by atoms with E-state index in [1.54, 1.807) is 13.2 Å². The molecule has 1 N–H and O–H groups in total. The van der Waals surface area contributed by atoms with Gasteiger partial charge in [-0.15, -0.1) is 5.10 Å². The van der Waals surface area contributed by atoms with Gasteiger partial charge in [0.2, 0.25) is 0 Å². The first-order valence-electron chi connectivity index (χ1n) is 6.34. The van der Waals surface area contributed by atoms with Gasteiger partial charge < -0.3 is 9.84 Å². The van der Waals surface area contributed by atoms with Crippen molar-refractivity contribution in [2.24, 2.45) is 0 Å². The highest BCUT2D eigenvalue weighted by Gasteiger charge is 2.49. The number of ether oxygens (including phenoxy) is 1. The molecule has 0 aliphatic heterocycles. The largest absolute Gasteiger partial charge is 0.497 e. The monoisotopic (exact) mass is 274 g/mol. The van der Waals surface area contributed by atoms with Crippen molar-refractivity contribution in [1.29, 1.82) is 0 Å². The van der Waals surface area contributed by atoms with Crippen LogP contribution in [0.5, 0.6) is 5.75 Å². The summed E-state index contributed by atoms with van der Waals surface area (Å²) < 4.78 is 6.60. The number of aliphatic carboxylic acids is 1. The molecule has 1 aliphatic carbocycles. The van der Waals surface area contributed by atoms with Gasteiger partial charge in [0.05, 0.1) is 7.11 Å². The van der Waals surface area contributed by atoms with E-state index < -0.39 is 11.5 Å². The van der Waals surface area contributed by atoms with E-state index in [1.807, 2.05) is 18.2 Å². The van der Waals surface area contributed by atoms with Crippen LogP contribution >= 0.6 is 0 Å². The van der Waals surface area contributed by atoms with E-state index in [4.69, 9.17) is 4.74 Å². The molecule has 7 heteroatoms. The van der Waals surface area contributed by atoms with E-state index >= 15 is 0 Å². The normalized spacial score (nSPS) is 16.4. The summed E-state index contributed by atoms with van der Waals surface area (Å²) in [5.74, 6) is 0.237. The SMILES string of the molecule is COc1cccc(-c2nnnn2C2(C(=O)O)CCC2)c1. The molecule has 0 bridgehead atoms. The number of rotatable bonds is 4. The van der Waals surface area contributed by atoms with Crippen LogP contribution in [0, 0.1) is 0 Å². The minimum Gasteiger partial charge on any atom is -0.497 e. The van der Waals surface area contributed by atoms with Gasteiger partial charge in [0, 0.05) is 5.56 Å². The summed E-state index contributed by atoms with van der Waals surface area (Å²) in [4.78, 5) is 11.6. The van der Waals surface area contributed by atoms with Gasteiger partial charge in [-0.3, -0.25) is 0 Å². The molecule has 0 radical (unpaired) electrons. The van der Waals surface area contributed by atoms with Crippen LogP contribution in [0.4, 0.5) is 0 Å². The van der Waals surface area contributed by atoms with Crippen LogP contribution in [0.3, 0.4) is 0 Å². The highest BCUT2D eigenvalue weighted by atomic mass is 16.5. The molecule has 7 nitrogen and oxygen atoms in total. The maximum atomic E-state index is 11.6. The van der Waals surface area contributed by atoms with Crippen molar-refractivity contribution in [1.82, 2.24) is 20.2 Å². The summed E-state index contributed by atoms with van der Waals surface area (Å²) in [5.41, 5.74) is -0.274. The molecule has 2 aromatic rings. The van der Waals surface area contributed by atoms with E-state index in [0.29, 0.717) is 24.4 Å². The van der Waals surface area contributed by atoms with Crippen molar-refractivity contribution in [2.45, 2.75) is 24.8 Å². The lowest BCUT2D eigenvalue weighted by molar-refractivity contribution is -0.153. The summed E-state index contributed by atoms with van der Waals surface area (Å²) in [6.45, 7) is 0. The van der Waals surface area contributed by atoms with Gasteiger partial charge in [-0.05, 0) is 41.8 Å². The maximum Gasteiger partial charge on any atom is 0.331 e. The Hall–Kier alpha value is -2.44. The molecule has 1 saturated carbocycles. The fraction of sp³-hybridized carbons (Fsp3) is 0.385. The van der Waals surface area contributed by atoms with Crippen LogP contribution in [0.15, 0.2) is 24.3 Å². The van der Waals surface area contributed by atoms with Crippen molar-refractivity contribution in [3.8, 4) is 17.1 Å². The third-order valence-electron chi connectivity index (χ3n) is 3.78. The minimum atomic E-state index is -1.01. The Morgan fingerprint density at radius 1 is 1.45 bits per heavy atom. The molecule has 3 rings (SSSR count). The lowest BCUT2D eigenvalue weighted by Gasteiger charge is -2.37. The summed E-state index contributed by atoms with van der Waals surface area (Å²) in [6.07, 6.45) is 1.96. The standard InChI is InChI=1S/C13H14N4O3/c1-20-10-5-2-4-9(8-10)11-14-15-16-17(11)13(12(18)19)6-3-7-13/h2,4-5,8H,3,6-7H2,1H3,(H,18,19). The fourth-order valence-corrected chi connectivity index (χ4v) is 2.45. The molecule has 1 heterocycles. The van der Waals surface area contributed by atoms with Gasteiger partial charge in [-0.2, -0.15) is 0 Å². The molecule has 0 unspecified atom stereocenters. The summed E-state index contributed by atoms with van der Waals surface area (Å²) in [6, 6.07) is 7.25. The van der Waals surface area contributed by atoms with E-state index in [2.05, 4.69) is 15.5 Å². The first kappa shape index (κ1) is 12.6. The van der Waals surface area contributed by atoms with E-state index in [9.17, 15) is 9.90 Å². The molecule has 20 heavy (non-hydrogen) atoms. The second-order valence-electron chi connectivity index (χ2n) is 4.84. The fourth-order valence-electron chi connectivity index (χ4n) is 2.45. The van der Waals surface area contributed by atoms with Gasteiger partial charge in [0.1, 0.15) is 5.75 Å². The third kappa shape index (κ3) is 1.74. The van der Waals surface area contributed by atoms with Crippen LogP contribution in [0.2, 0.25) is 0 Å². The quantitative estimate of drug-likeness (QED) is 0.904. The molecule has 1 aliphatic rings. The van der Waals surface area contributed by atoms with E-state index in [1.165, 1.54) is 4.68 Å². The number of hydrogen-bond donors (Lipinski definition) is 1. The Labute approximate surface area is 115 Å². The first-order valence-corrected chi connectivity index (χ1v) is 6.34. The average molecular weight is 274 g/mol. The van der Waals surface area contributed by atoms with Crippen molar-refractivity contribution < 1.29 is 14.6 Å². The van der Waals surface area contributed by atoms with Crippen LogP contribution in [0.1, 0.15) is 19.3 Å². The second-order valence-corrected chi connectivity index (χ2v) is 4.84. The zero-order chi connectivity index (χ0) is 14.2. The number of carboxylic acids is 1. The Balaban J connectivity index is 2.08. The van der Waals surface area contributed by atoms with E-state index in [-0.39, 0.29) is 0 Å². The molecular formula is C13H14N4O3. The molecule has 0 saturated heterocycles. The number of carbonyl (C=O) groups is 1. The van der Waals surface area contributed by atoms with Crippen LogP contribution in [0.25, 0.3) is 11.4 Å². The van der Waals surface area contributed by atoms with Gasteiger partial charge in [0.15, 0.2) is 11.4 Å². The zero-order valence-corrected chi connectivity index (χ0v) is 11.0. The number of aromatic nitrogens is 4. The highest BCUT2D eigenvalue weighted by molar-refractivity contribution is 5.78. The number of methoxy groups -OCH3 is 1. The molecule has 0 amide bonds. The van der Waals surface area contributed by atoms with Crippen LogP contribution < -0.4 is 4.74 Å². The second kappa shape index (κ2) is 4.59. The smallest absolute Gasteiger partial charge is 0.331 e. The Kier molecular flexibility index (Phi) is 2.89. The van der Waals surface area contributed by atoms with Gasteiger partial charge in [-0.25, -0.2) is 9.48 Å². The molecular weight excluding hydrogens is 260 g/mol. The molecule has 1 fully saturated rings. The molecule has 1 aromatic heterocycles. The molecule has 0 atom stereocenters. The first-order chi connectivity index (χ1) is 9.67. The maximum absolute atomic E-state index is 11.6. The summed E-state index contributed by atoms with van der Waals surface area (Å²) >= 11 is 0. The zero-order valence-electron chi connectivity index (χ0n) is 11.0. The molecule has 104 valence electrons. The number of carboxylic acid groups (broad SMARTS) is 1. The lowest BCUT2D eigenvalue weighted by atomic mass is 9.76. The molecule has 0 spiro atoms. The van der Waals surface area contributed by atoms with Crippen molar-refractivity contribution in [2.75, 3.05) is 7.11 Å². The van der Waals surface area contributed by atoms with Crippen LogP contribution in [-0.4, -0.2) is 38.4 Å². The molecule has 1 aromatic carbocycles. The third-order valence-corrected chi connectivity index (χ3v) is 3.78. The predicted molar refractivity (Wildman–Crippen MR) is 69.3 cm³/mol. The van der Waals surface area contributed by atoms with Gasteiger partial charge in [0.25, 0.3) is 0 Å². The Morgan fingerprint density at radius 3 is 2.85 bits per heavy atom. The summed E-state index contributed by atoms with van der Waals surface area (Å²) in [7, 11) is 1.58. The Bertz CT molecular complexity index is 649. The van der Waals surface area contributed by atoms with Crippen LogP contribution in [-0.2, 0) is 10.3 Å². The highest BCUT2D eigenvalue weighted by Crippen LogP contribution is 2.41. The summed E-state index contributed by atoms with van der Waals surface area (Å²) in [5, 5.41) is 21.0. The van der Waals surface area contributed by atoms with E-state index in [0.717, 1.165) is 12.0 Å². The lowest BCUT2D eigenvalue weighted by Crippen LogP contribution is -2.48. The number of benzene rings is 1. The minimum absolute atomic E-state index is 0.450. The number of tetrazole rings is 1. The van der Waals surface area contributed by atoms with Crippen molar-refractivity contribution in [3.63, 3.8) is 0 Å². The van der Waals surface area contributed by atoms with Gasteiger partial charge in [-0.1, -0.05) is 12.1 Å². The predicted octanol–water partition coefficient (Wildman–Crippen LogP) is 1.31. The average Bonchev–Trinajstić information content (AvgIpc) is 2.86. The van der Waals surface area contributed by atoms with Crippen molar-refractivity contribution in [3.05, 3.63) is 24.3 Å². The Morgan fingerprint density at radius 2 is 2.25 bits per heavy atom.